The first-order valence-electron chi connectivity index (χ1n) is 17.4. The number of benzene rings is 4. The minimum atomic E-state index is -1.81. The van der Waals surface area contributed by atoms with E-state index in [1.165, 1.54) is 31.4 Å². The molecule has 0 spiro atoms. The van der Waals surface area contributed by atoms with Crippen molar-refractivity contribution < 1.29 is 39.1 Å². The summed E-state index contributed by atoms with van der Waals surface area (Å²) in [5, 5.41) is 33.0. The van der Waals surface area contributed by atoms with Crippen molar-refractivity contribution in [3.8, 4) is 11.5 Å². The van der Waals surface area contributed by atoms with Crippen molar-refractivity contribution in [3.63, 3.8) is 0 Å². The largest absolute Gasteiger partial charge is 0.507 e. The fourth-order valence-electron chi connectivity index (χ4n) is 9.18. The van der Waals surface area contributed by atoms with Crippen LogP contribution in [0.15, 0.2) is 96.6 Å². The lowest BCUT2D eigenvalue weighted by Gasteiger charge is -2.50. The van der Waals surface area contributed by atoms with Gasteiger partial charge in [-0.15, -0.1) is 0 Å². The Bertz CT molecular complexity index is 2280. The number of nitrogens with one attached hydrogen (secondary N) is 1. The molecule has 4 N–H and O–H groups in total. The molecule has 1 saturated carbocycles. The van der Waals surface area contributed by atoms with Crippen LogP contribution < -0.4 is 20.5 Å². The lowest BCUT2D eigenvalue weighted by Crippen LogP contribution is -2.53. The highest BCUT2D eigenvalue weighted by Crippen LogP contribution is 2.65. The Labute approximate surface area is 320 Å². The van der Waals surface area contributed by atoms with Gasteiger partial charge >= 0.3 is 7.12 Å². The molecular weight excluding hydrogens is 732 g/mol. The van der Waals surface area contributed by atoms with Gasteiger partial charge < -0.3 is 19.9 Å². The summed E-state index contributed by atoms with van der Waals surface area (Å²) in [5.41, 5.74) is 4.02. The highest BCUT2D eigenvalue weighted by atomic mass is 35.5. The first-order valence-corrected chi connectivity index (χ1v) is 18.2. The number of carbonyl (C=O) groups is 4. The SMILES string of the molecule is COc1ccc(C23C(=O)N(Nc4ccc(Cl)cc4Cl)C(=O)C2CC2C(=CCC4C(=O)N(c5cccc(B(O)O)c5)C(=O)C42)C3c2cccc(C)c2O)cc1. The summed E-state index contributed by atoms with van der Waals surface area (Å²) in [7, 11) is -0.291. The molecule has 54 heavy (non-hydrogen) atoms. The van der Waals surface area contributed by atoms with Gasteiger partial charge in [0.25, 0.3) is 11.8 Å². The summed E-state index contributed by atoms with van der Waals surface area (Å²) in [6.45, 7) is 1.74. The maximum atomic E-state index is 15.4. The zero-order chi connectivity index (χ0) is 38.2. The molecule has 11 nitrogen and oxygen atoms in total. The Morgan fingerprint density at radius 2 is 1.63 bits per heavy atom. The molecule has 0 aromatic heterocycles. The lowest BCUT2D eigenvalue weighted by molar-refractivity contribution is -0.138. The number of para-hydroxylation sites is 1. The third kappa shape index (κ3) is 5.26. The number of carbonyl (C=O) groups excluding carboxylic acids is 4. The number of aryl methyl sites for hydroxylation is 1. The zero-order valence-electron chi connectivity index (χ0n) is 29.1. The van der Waals surface area contributed by atoms with Crippen molar-refractivity contribution in [2.45, 2.75) is 31.1 Å². The summed E-state index contributed by atoms with van der Waals surface area (Å²) in [6.07, 6.45) is 2.09. The molecule has 2 saturated heterocycles. The lowest BCUT2D eigenvalue weighted by atomic mass is 9.49. The Morgan fingerprint density at radius 3 is 2.33 bits per heavy atom. The second-order valence-electron chi connectivity index (χ2n) is 14.2. The van der Waals surface area contributed by atoms with E-state index >= 15 is 4.79 Å². The molecule has 2 aliphatic carbocycles. The number of imide groups is 2. The van der Waals surface area contributed by atoms with E-state index in [9.17, 15) is 29.5 Å². The van der Waals surface area contributed by atoms with E-state index in [0.717, 1.165) is 9.91 Å². The molecule has 4 aromatic carbocycles. The van der Waals surface area contributed by atoms with Crippen molar-refractivity contribution in [1.29, 1.82) is 0 Å². The number of ether oxygens (including phenoxy) is 1. The zero-order valence-corrected chi connectivity index (χ0v) is 30.6. The molecule has 8 rings (SSSR count). The number of fused-ring (bicyclic) bond motifs is 4. The maximum Gasteiger partial charge on any atom is 0.488 e. The summed E-state index contributed by atoms with van der Waals surface area (Å²) >= 11 is 12.7. The van der Waals surface area contributed by atoms with E-state index in [2.05, 4.69) is 5.43 Å². The van der Waals surface area contributed by atoms with Crippen LogP contribution in [0.4, 0.5) is 11.4 Å². The van der Waals surface area contributed by atoms with Crippen molar-refractivity contribution in [2.75, 3.05) is 17.4 Å². The molecule has 2 heterocycles. The Hall–Kier alpha value is -5.14. The predicted octanol–water partition coefficient (Wildman–Crippen LogP) is 4.89. The van der Waals surface area contributed by atoms with Crippen LogP contribution in [0.2, 0.25) is 10.0 Å². The summed E-state index contributed by atoms with van der Waals surface area (Å²) in [4.78, 5) is 60.1. The topological polar surface area (TPSA) is 157 Å². The molecule has 3 fully saturated rings. The van der Waals surface area contributed by atoms with Crippen LogP contribution >= 0.6 is 23.2 Å². The fraction of sp³-hybridized carbons (Fsp3) is 0.250. The number of allylic oxidation sites excluding steroid dienone is 2. The van der Waals surface area contributed by atoms with Crippen LogP contribution in [0.25, 0.3) is 0 Å². The second kappa shape index (κ2) is 13.3. The standard InChI is InChI=1S/C40H34BCl2N3O8/c1-20-5-3-8-28(35(20)47)34-26-14-15-27-33(38(50)45(36(27)48)24-7-4-6-22(17-24)41(52)53)29(26)19-30-37(49)46(44-32-16-11-23(42)18-31(32)43)39(51)40(30,34)21-9-12-25(54-2)13-10-21/h3-14,16-18,27,29-30,33-34,44,47,52-53H,15,19H2,1-2H3. The van der Waals surface area contributed by atoms with Gasteiger partial charge in [-0.1, -0.05) is 77.3 Å². The number of halogens is 2. The number of rotatable bonds is 7. The smallest absolute Gasteiger partial charge is 0.488 e. The molecule has 14 heteroatoms. The van der Waals surface area contributed by atoms with Gasteiger partial charge in [-0.3, -0.25) is 29.5 Å². The van der Waals surface area contributed by atoms with Gasteiger partial charge in [0.2, 0.25) is 11.8 Å². The number of hydrazine groups is 1. The fourth-order valence-corrected chi connectivity index (χ4v) is 9.63. The van der Waals surface area contributed by atoms with Gasteiger partial charge in [0.05, 0.1) is 46.7 Å². The molecule has 6 atom stereocenters. The molecule has 2 aliphatic heterocycles. The number of hydrogen-bond donors (Lipinski definition) is 4. The monoisotopic (exact) mass is 765 g/mol. The summed E-state index contributed by atoms with van der Waals surface area (Å²) in [5.74, 6) is -6.01. The average Bonchev–Trinajstić information content (AvgIpc) is 3.54. The number of methoxy groups -OCH3 is 1. The third-order valence-corrected chi connectivity index (χ3v) is 12.1. The van der Waals surface area contributed by atoms with E-state index in [4.69, 9.17) is 27.9 Å². The van der Waals surface area contributed by atoms with Crippen LogP contribution in [0.5, 0.6) is 11.5 Å². The van der Waals surface area contributed by atoms with Crippen LogP contribution in [-0.2, 0) is 24.6 Å². The van der Waals surface area contributed by atoms with Crippen LogP contribution in [0.1, 0.15) is 35.4 Å². The van der Waals surface area contributed by atoms with E-state index in [-0.39, 0.29) is 40.5 Å². The van der Waals surface area contributed by atoms with Crippen molar-refractivity contribution in [2.24, 2.45) is 23.7 Å². The number of amides is 4. The van der Waals surface area contributed by atoms with E-state index in [0.29, 0.717) is 33.0 Å². The molecule has 4 aromatic rings. The number of hydrogen-bond acceptors (Lipinski definition) is 9. The number of anilines is 2. The molecule has 6 unspecified atom stereocenters. The van der Waals surface area contributed by atoms with Crippen molar-refractivity contribution in [1.82, 2.24) is 5.01 Å². The van der Waals surface area contributed by atoms with Gasteiger partial charge in [-0.05, 0) is 84.7 Å². The molecule has 0 bridgehead atoms. The van der Waals surface area contributed by atoms with Crippen LogP contribution in [-0.4, -0.2) is 58.0 Å². The van der Waals surface area contributed by atoms with Gasteiger partial charge in [0.15, 0.2) is 0 Å². The Morgan fingerprint density at radius 1 is 0.889 bits per heavy atom. The second-order valence-corrected chi connectivity index (χ2v) is 15.0. The minimum absolute atomic E-state index is 0.0292. The first kappa shape index (κ1) is 35.9. The van der Waals surface area contributed by atoms with E-state index in [1.807, 2.05) is 6.08 Å². The van der Waals surface area contributed by atoms with Gasteiger partial charge in [-0.25, -0.2) is 0 Å². The number of phenolic OH excluding ortho intramolecular Hbond substituents is 1. The normalized spacial score (nSPS) is 26.0. The number of nitrogens with zero attached hydrogens (tertiary/aromatic N) is 2. The van der Waals surface area contributed by atoms with Gasteiger partial charge in [0.1, 0.15) is 11.5 Å². The van der Waals surface area contributed by atoms with Crippen molar-refractivity contribution >= 4 is 70.8 Å². The molecule has 4 aliphatic rings. The molecule has 4 amide bonds. The number of phenols is 1. The summed E-state index contributed by atoms with van der Waals surface area (Å²) in [6, 6.07) is 22.7. The highest BCUT2D eigenvalue weighted by Gasteiger charge is 2.70. The first-order chi connectivity index (χ1) is 25.9. The van der Waals surface area contributed by atoms with Crippen LogP contribution in [0, 0.1) is 30.6 Å². The number of aromatic hydroxyl groups is 1. The Balaban J connectivity index is 1.33. The van der Waals surface area contributed by atoms with Gasteiger partial charge in [-0.2, -0.15) is 5.01 Å². The Kier molecular flexibility index (Phi) is 8.84. The van der Waals surface area contributed by atoms with Crippen molar-refractivity contribution in [3.05, 3.63) is 123 Å². The molecule has 0 radical (unpaired) electrons. The van der Waals surface area contributed by atoms with Crippen LogP contribution in [0.3, 0.4) is 0 Å². The van der Waals surface area contributed by atoms with E-state index < -0.39 is 65.8 Å². The molecule has 274 valence electrons. The van der Waals surface area contributed by atoms with E-state index in [1.54, 1.807) is 67.6 Å². The summed E-state index contributed by atoms with van der Waals surface area (Å²) < 4.78 is 5.45. The predicted molar refractivity (Wildman–Crippen MR) is 202 cm³/mol. The average molecular weight is 766 g/mol. The highest BCUT2D eigenvalue weighted by molar-refractivity contribution is 6.58. The maximum absolute atomic E-state index is 15.4. The molecular formula is C40H34BCl2N3O8. The third-order valence-electron chi connectivity index (χ3n) is 11.6. The van der Waals surface area contributed by atoms with Gasteiger partial charge in [0, 0.05) is 16.5 Å². The minimum Gasteiger partial charge on any atom is -0.507 e. The quantitative estimate of drug-likeness (QED) is 0.117.